The van der Waals surface area contributed by atoms with E-state index in [-0.39, 0.29) is 22.5 Å². The second kappa shape index (κ2) is 3.49. The third-order valence-electron chi connectivity index (χ3n) is 3.80. The lowest BCUT2D eigenvalue weighted by Gasteiger charge is -2.41. The van der Waals surface area contributed by atoms with E-state index >= 15 is 0 Å². The van der Waals surface area contributed by atoms with Crippen LogP contribution in [-0.2, 0) is 9.84 Å². The molecule has 2 fully saturated rings. The maximum absolute atomic E-state index is 12.0. The molecule has 4 unspecified atom stereocenters. The van der Waals surface area contributed by atoms with Crippen LogP contribution >= 0.6 is 0 Å². The first-order chi connectivity index (χ1) is 6.53. The average molecular weight is 218 g/mol. The van der Waals surface area contributed by atoms with Gasteiger partial charge in [-0.25, -0.2) is 8.42 Å². The molecule has 4 heteroatoms. The van der Waals surface area contributed by atoms with Crippen molar-refractivity contribution in [3.8, 4) is 0 Å². The largest absolute Gasteiger partial charge is 0.393 e. The summed E-state index contributed by atoms with van der Waals surface area (Å²) in [6, 6.07) is 0. The van der Waals surface area contributed by atoms with Gasteiger partial charge in [-0.1, -0.05) is 12.8 Å². The molecule has 0 aromatic rings. The van der Waals surface area contributed by atoms with Gasteiger partial charge < -0.3 is 5.11 Å². The summed E-state index contributed by atoms with van der Waals surface area (Å²) in [5.41, 5.74) is 0. The summed E-state index contributed by atoms with van der Waals surface area (Å²) in [6.07, 6.45) is 3.76. The van der Waals surface area contributed by atoms with Gasteiger partial charge in [-0.2, -0.15) is 0 Å². The lowest BCUT2D eigenvalue weighted by atomic mass is 9.83. The first-order valence-corrected chi connectivity index (χ1v) is 7.05. The minimum Gasteiger partial charge on any atom is -0.393 e. The number of fused-ring (bicyclic) bond motifs is 1. The molecule has 0 spiro atoms. The Labute approximate surface area is 85.4 Å². The number of rotatable bonds is 0. The summed E-state index contributed by atoms with van der Waals surface area (Å²) in [7, 11) is -2.96. The molecule has 0 amide bonds. The summed E-state index contributed by atoms with van der Waals surface area (Å²) >= 11 is 0. The van der Waals surface area contributed by atoms with Crippen LogP contribution in [0.5, 0.6) is 0 Å². The SMILES string of the molecule is CC1CC(O)C2CCCCC2S1(=O)=O. The van der Waals surface area contributed by atoms with E-state index in [1.165, 1.54) is 0 Å². The molecule has 1 aliphatic carbocycles. The highest BCUT2D eigenvalue weighted by Crippen LogP contribution is 2.39. The molecule has 82 valence electrons. The standard InChI is InChI=1S/C10H18O3S/c1-7-6-9(11)8-4-2-3-5-10(8)14(7,12)13/h7-11H,2-6H2,1H3. The molecule has 1 N–H and O–H groups in total. The molecule has 4 atom stereocenters. The predicted molar refractivity (Wildman–Crippen MR) is 54.8 cm³/mol. The second-order valence-corrected chi connectivity index (χ2v) is 7.28. The average Bonchev–Trinajstić information content (AvgIpc) is 2.16. The van der Waals surface area contributed by atoms with E-state index in [9.17, 15) is 13.5 Å². The molecule has 1 aliphatic heterocycles. The zero-order chi connectivity index (χ0) is 10.3. The molecule has 2 rings (SSSR count). The summed E-state index contributed by atoms with van der Waals surface area (Å²) in [5, 5.41) is 9.24. The highest BCUT2D eigenvalue weighted by atomic mass is 32.2. The topological polar surface area (TPSA) is 54.4 Å². The van der Waals surface area contributed by atoms with Crippen molar-refractivity contribution in [2.45, 2.75) is 55.6 Å². The van der Waals surface area contributed by atoms with Crippen LogP contribution in [0.15, 0.2) is 0 Å². The van der Waals surface area contributed by atoms with Crippen molar-refractivity contribution in [2.75, 3.05) is 0 Å². The minimum absolute atomic E-state index is 0.0185. The van der Waals surface area contributed by atoms with Crippen molar-refractivity contribution in [2.24, 2.45) is 5.92 Å². The number of hydrogen-bond donors (Lipinski definition) is 1. The van der Waals surface area contributed by atoms with Crippen molar-refractivity contribution >= 4 is 9.84 Å². The van der Waals surface area contributed by atoms with Crippen molar-refractivity contribution in [1.29, 1.82) is 0 Å². The van der Waals surface area contributed by atoms with Crippen LogP contribution in [0.4, 0.5) is 0 Å². The zero-order valence-electron chi connectivity index (χ0n) is 8.52. The second-order valence-electron chi connectivity index (χ2n) is 4.69. The van der Waals surface area contributed by atoms with Gasteiger partial charge in [-0.3, -0.25) is 0 Å². The summed E-state index contributed by atoms with van der Waals surface area (Å²) in [5.74, 6) is 0.0185. The van der Waals surface area contributed by atoms with E-state index in [1.54, 1.807) is 6.92 Å². The van der Waals surface area contributed by atoms with E-state index in [2.05, 4.69) is 0 Å². The Hall–Kier alpha value is -0.0900. The van der Waals surface area contributed by atoms with Crippen molar-refractivity contribution in [1.82, 2.24) is 0 Å². The van der Waals surface area contributed by atoms with Gasteiger partial charge in [0.2, 0.25) is 0 Å². The van der Waals surface area contributed by atoms with Crippen LogP contribution in [0, 0.1) is 5.92 Å². The number of sulfone groups is 1. The Morgan fingerprint density at radius 2 is 1.86 bits per heavy atom. The fraction of sp³-hybridized carbons (Fsp3) is 1.00. The fourth-order valence-corrected chi connectivity index (χ4v) is 5.28. The van der Waals surface area contributed by atoms with Gasteiger partial charge in [-0.05, 0) is 26.2 Å². The quantitative estimate of drug-likeness (QED) is 0.662. The predicted octanol–water partition coefficient (Wildman–Crippen LogP) is 1.11. The first kappa shape index (κ1) is 10.4. The van der Waals surface area contributed by atoms with E-state index in [0.29, 0.717) is 6.42 Å². The van der Waals surface area contributed by atoms with Gasteiger partial charge in [-0.15, -0.1) is 0 Å². The van der Waals surface area contributed by atoms with Gasteiger partial charge >= 0.3 is 0 Å². The van der Waals surface area contributed by atoms with E-state index in [1.807, 2.05) is 0 Å². The molecule has 1 saturated heterocycles. The van der Waals surface area contributed by atoms with E-state index < -0.39 is 9.84 Å². The van der Waals surface area contributed by atoms with Crippen LogP contribution in [0.2, 0.25) is 0 Å². The normalized spacial score (nSPS) is 47.0. The Morgan fingerprint density at radius 1 is 1.21 bits per heavy atom. The molecular formula is C10H18O3S. The minimum atomic E-state index is -2.96. The van der Waals surface area contributed by atoms with Crippen molar-refractivity contribution < 1.29 is 13.5 Å². The monoisotopic (exact) mass is 218 g/mol. The van der Waals surface area contributed by atoms with Crippen molar-refractivity contribution in [3.05, 3.63) is 0 Å². The molecule has 0 radical (unpaired) electrons. The Balaban J connectivity index is 2.30. The molecular weight excluding hydrogens is 200 g/mol. The lowest BCUT2D eigenvalue weighted by molar-refractivity contribution is 0.0707. The first-order valence-electron chi connectivity index (χ1n) is 5.44. The molecule has 0 aromatic carbocycles. The van der Waals surface area contributed by atoms with Crippen LogP contribution in [0.25, 0.3) is 0 Å². The van der Waals surface area contributed by atoms with Crippen LogP contribution < -0.4 is 0 Å². The number of aliphatic hydroxyl groups is 1. The van der Waals surface area contributed by atoms with E-state index in [4.69, 9.17) is 0 Å². The van der Waals surface area contributed by atoms with Gasteiger partial charge in [0.15, 0.2) is 9.84 Å². The molecule has 1 saturated carbocycles. The Kier molecular flexibility index (Phi) is 2.60. The van der Waals surface area contributed by atoms with Crippen molar-refractivity contribution in [3.63, 3.8) is 0 Å². The van der Waals surface area contributed by atoms with Crippen LogP contribution in [0.1, 0.15) is 39.0 Å². The molecule has 0 bridgehead atoms. The van der Waals surface area contributed by atoms with Gasteiger partial charge in [0.05, 0.1) is 16.6 Å². The Morgan fingerprint density at radius 3 is 2.57 bits per heavy atom. The van der Waals surface area contributed by atoms with Gasteiger partial charge in [0, 0.05) is 5.92 Å². The Bertz CT molecular complexity index is 309. The third-order valence-corrected chi connectivity index (χ3v) is 6.55. The molecule has 3 nitrogen and oxygen atoms in total. The summed E-state index contributed by atoms with van der Waals surface area (Å²) in [4.78, 5) is 0. The zero-order valence-corrected chi connectivity index (χ0v) is 9.33. The number of aliphatic hydroxyl groups excluding tert-OH is 1. The molecule has 14 heavy (non-hydrogen) atoms. The van der Waals surface area contributed by atoms with Crippen LogP contribution in [-0.4, -0.2) is 30.1 Å². The smallest absolute Gasteiger partial charge is 0.156 e. The van der Waals surface area contributed by atoms with Gasteiger partial charge in [0.25, 0.3) is 0 Å². The van der Waals surface area contributed by atoms with Crippen LogP contribution in [0.3, 0.4) is 0 Å². The maximum atomic E-state index is 12.0. The number of hydrogen-bond acceptors (Lipinski definition) is 3. The molecule has 2 aliphatic rings. The molecule has 0 aromatic heterocycles. The molecule has 1 heterocycles. The summed E-state index contributed by atoms with van der Waals surface area (Å²) < 4.78 is 24.0. The maximum Gasteiger partial charge on any atom is 0.156 e. The van der Waals surface area contributed by atoms with Gasteiger partial charge in [0.1, 0.15) is 0 Å². The summed E-state index contributed by atoms with van der Waals surface area (Å²) in [6.45, 7) is 1.73. The lowest BCUT2D eigenvalue weighted by Crippen LogP contribution is -2.49. The third kappa shape index (κ3) is 1.48. The van der Waals surface area contributed by atoms with E-state index in [0.717, 1.165) is 25.7 Å². The highest BCUT2D eigenvalue weighted by Gasteiger charge is 2.46. The fourth-order valence-electron chi connectivity index (χ4n) is 2.92. The highest BCUT2D eigenvalue weighted by molar-refractivity contribution is 7.92.